The highest BCUT2D eigenvalue weighted by Crippen LogP contribution is 2.42. The molecule has 0 saturated heterocycles. The summed E-state index contributed by atoms with van der Waals surface area (Å²) in [6.07, 6.45) is -16.3. The van der Waals surface area contributed by atoms with Gasteiger partial charge in [0.05, 0.1) is 5.57 Å². The third-order valence-electron chi connectivity index (χ3n) is 7.72. The van der Waals surface area contributed by atoms with Crippen molar-refractivity contribution in [3.8, 4) is 45.9 Å². The van der Waals surface area contributed by atoms with Gasteiger partial charge in [0.2, 0.25) is 0 Å². The van der Waals surface area contributed by atoms with Crippen LogP contribution < -0.4 is 19.9 Å². The van der Waals surface area contributed by atoms with E-state index in [9.17, 15) is 50.0 Å². The molecule has 0 atom stereocenters. The Balaban J connectivity index is 2.01. The molecule has 0 unspecified atom stereocenters. The van der Waals surface area contributed by atoms with Crippen LogP contribution in [0.4, 0.5) is 39.5 Å². The topological polar surface area (TPSA) is 84.0 Å². The van der Waals surface area contributed by atoms with Gasteiger partial charge in [-0.3, -0.25) is 0 Å². The van der Waals surface area contributed by atoms with E-state index in [0.717, 1.165) is 36.4 Å². The molecule has 0 bridgehead atoms. The molecule has 2 aliphatic rings. The number of hydrogen-bond acceptors (Lipinski definition) is 5. The molecule has 0 amide bonds. The molecule has 0 aliphatic heterocycles. The minimum atomic E-state index is -5.38. The first kappa shape index (κ1) is 34.9. The molecule has 0 spiro atoms. The van der Waals surface area contributed by atoms with E-state index in [-0.39, 0.29) is 61.6 Å². The number of alkyl halides is 9. The fourth-order valence-electron chi connectivity index (χ4n) is 6.02. The molecule has 50 heavy (non-hydrogen) atoms. The number of ether oxygens (including phenoxy) is 3. The van der Waals surface area contributed by atoms with Crippen LogP contribution in [0, 0.1) is 35.8 Å². The van der Waals surface area contributed by atoms with Crippen LogP contribution in [0.15, 0.2) is 71.1 Å². The maximum atomic E-state index is 14.1. The van der Waals surface area contributed by atoms with Crippen molar-refractivity contribution in [3.63, 3.8) is 0 Å². The number of hydrogen-bond donors (Lipinski definition) is 0. The standard InChI is InChI=1S/C34H15F9N4O3/c1-16-22(31(46-2)47-3)12-24-26(16)27(17-4-8-20(9-5-17)48-32(35,36)37)25-13-23(19(14-44)15-45)30(50-34(41,42)43)29(25)28(24)18-6-10-21(11-7-18)49-33(38,39)40/h4-11H,12-13H2,1H3. The number of allylic oxidation sites excluding steroid dienone is 2. The van der Waals surface area contributed by atoms with Gasteiger partial charge in [-0.2, -0.15) is 20.2 Å². The second-order valence-electron chi connectivity index (χ2n) is 10.6. The molecule has 0 heterocycles. The van der Waals surface area contributed by atoms with Gasteiger partial charge in [-0.1, -0.05) is 24.3 Å². The largest absolute Gasteiger partial charge is 0.573 e. The van der Waals surface area contributed by atoms with Gasteiger partial charge in [-0.05, 0) is 81.8 Å². The molecule has 3 aromatic rings. The Labute approximate surface area is 275 Å². The third kappa shape index (κ3) is 6.78. The lowest BCUT2D eigenvalue weighted by molar-refractivity contribution is -0.290. The molecule has 0 radical (unpaired) electrons. The quantitative estimate of drug-likeness (QED) is 0.153. The average molecular weight is 699 g/mol. The summed E-state index contributed by atoms with van der Waals surface area (Å²) in [6.45, 7) is 16.6. The first-order valence-corrected chi connectivity index (χ1v) is 13.8. The second-order valence-corrected chi connectivity index (χ2v) is 10.6. The van der Waals surface area contributed by atoms with E-state index in [1.807, 2.05) is 0 Å². The van der Waals surface area contributed by atoms with Crippen LogP contribution in [0.25, 0.3) is 43.3 Å². The maximum Gasteiger partial charge on any atom is 0.573 e. The molecule has 7 nitrogen and oxygen atoms in total. The first-order chi connectivity index (χ1) is 23.4. The van der Waals surface area contributed by atoms with Crippen LogP contribution in [0.3, 0.4) is 0 Å². The Bertz CT molecular complexity index is 2260. The summed E-state index contributed by atoms with van der Waals surface area (Å²) >= 11 is 0. The molecule has 0 N–H and O–H groups in total. The van der Waals surface area contributed by atoms with Gasteiger partial charge in [0.1, 0.15) is 48.1 Å². The fourth-order valence-corrected chi connectivity index (χ4v) is 6.02. The monoisotopic (exact) mass is 698 g/mol. The average Bonchev–Trinajstić information content (AvgIpc) is 3.54. The smallest absolute Gasteiger partial charge is 0.406 e. The van der Waals surface area contributed by atoms with Crippen LogP contribution in [0.1, 0.15) is 18.1 Å². The minimum absolute atomic E-state index is 0.0175. The van der Waals surface area contributed by atoms with E-state index in [4.69, 9.17) is 13.1 Å². The van der Waals surface area contributed by atoms with E-state index in [0.29, 0.717) is 5.57 Å². The number of benzene rings is 3. The van der Waals surface area contributed by atoms with E-state index in [1.54, 1.807) is 12.1 Å². The van der Waals surface area contributed by atoms with Crippen molar-refractivity contribution >= 4 is 11.3 Å². The van der Waals surface area contributed by atoms with E-state index >= 15 is 0 Å². The highest BCUT2D eigenvalue weighted by molar-refractivity contribution is 5.91. The SMILES string of the molecule is [C-]#[N+]C([N+]#[C-])=C1Cc2c(-c3ccc(OC(F)(F)F)cc3)c3c(c(-c4ccc(OC(F)(F)F)cc4)c2=C1C)CC(=C(C#N)C#N)C=3OC(F)(F)F. The Morgan fingerprint density at radius 2 is 1.04 bits per heavy atom. The minimum Gasteiger partial charge on any atom is -0.406 e. The molecule has 2 aliphatic carbocycles. The van der Waals surface area contributed by atoms with Crippen LogP contribution >= 0.6 is 0 Å². The van der Waals surface area contributed by atoms with Crippen molar-refractivity contribution in [2.75, 3.05) is 0 Å². The van der Waals surface area contributed by atoms with Crippen LogP contribution in [-0.2, 0) is 17.6 Å². The zero-order chi connectivity index (χ0) is 36.8. The lowest BCUT2D eigenvalue weighted by atomic mass is 9.87. The molecular weight excluding hydrogens is 683 g/mol. The summed E-state index contributed by atoms with van der Waals surface area (Å²) < 4.78 is 132. The Morgan fingerprint density at radius 1 is 0.640 bits per heavy atom. The molecule has 0 saturated carbocycles. The number of halogens is 9. The Kier molecular flexibility index (Phi) is 8.78. The van der Waals surface area contributed by atoms with Crippen molar-refractivity contribution in [3.05, 3.63) is 115 Å². The summed E-state index contributed by atoms with van der Waals surface area (Å²) in [5.41, 5.74) is -0.257. The van der Waals surface area contributed by atoms with Gasteiger partial charge in [-0.15, -0.1) is 39.5 Å². The molecular formula is C34H15F9N4O3. The summed E-state index contributed by atoms with van der Waals surface area (Å²) in [6, 6.07) is 11.5. The van der Waals surface area contributed by atoms with Gasteiger partial charge < -0.3 is 14.2 Å². The van der Waals surface area contributed by atoms with Crippen LogP contribution in [0.2, 0.25) is 0 Å². The van der Waals surface area contributed by atoms with Crippen LogP contribution in [-0.4, -0.2) is 19.1 Å². The van der Waals surface area contributed by atoms with Gasteiger partial charge in [0.15, 0.2) is 0 Å². The molecule has 16 heteroatoms. The Hall–Kier alpha value is -6.39. The summed E-state index contributed by atoms with van der Waals surface area (Å²) in [5, 5.41) is 19.4. The number of nitriles is 2. The predicted octanol–water partition coefficient (Wildman–Crippen LogP) is 8.14. The Morgan fingerprint density at radius 3 is 1.44 bits per heavy atom. The van der Waals surface area contributed by atoms with Gasteiger partial charge >= 0.3 is 24.9 Å². The number of nitrogens with zero attached hydrogens (tertiary/aromatic N) is 4. The van der Waals surface area contributed by atoms with E-state index < -0.39 is 53.9 Å². The zero-order valence-corrected chi connectivity index (χ0v) is 24.9. The molecule has 0 fully saturated rings. The lowest BCUT2D eigenvalue weighted by Gasteiger charge is -2.18. The number of rotatable bonds is 5. The van der Waals surface area contributed by atoms with Gasteiger partial charge in [0.25, 0.3) is 0 Å². The first-order valence-electron chi connectivity index (χ1n) is 13.8. The molecule has 0 aromatic heterocycles. The zero-order valence-electron chi connectivity index (χ0n) is 24.9. The van der Waals surface area contributed by atoms with E-state index in [2.05, 4.69) is 23.9 Å². The normalized spacial score (nSPS) is 13.8. The van der Waals surface area contributed by atoms with Crippen molar-refractivity contribution in [1.82, 2.24) is 0 Å². The predicted molar refractivity (Wildman–Crippen MR) is 155 cm³/mol. The van der Waals surface area contributed by atoms with Crippen LogP contribution in [0.5, 0.6) is 11.5 Å². The lowest BCUT2D eigenvalue weighted by Crippen LogP contribution is -2.26. The number of fused-ring (bicyclic) bond motifs is 2. The summed E-state index contributed by atoms with van der Waals surface area (Å²) in [5.74, 6) is -2.62. The second kappa shape index (κ2) is 12.6. The fraction of sp³-hybridized carbons (Fsp3) is 0.176. The molecule has 3 aromatic carbocycles. The highest BCUT2D eigenvalue weighted by atomic mass is 19.4. The summed E-state index contributed by atoms with van der Waals surface area (Å²) in [4.78, 5) is 6.54. The van der Waals surface area contributed by atoms with Gasteiger partial charge in [-0.25, -0.2) is 0 Å². The molecule has 252 valence electrons. The third-order valence-corrected chi connectivity index (χ3v) is 7.72. The highest BCUT2D eigenvalue weighted by Gasteiger charge is 2.40. The summed E-state index contributed by atoms with van der Waals surface area (Å²) in [7, 11) is 0. The molecule has 5 rings (SSSR count). The van der Waals surface area contributed by atoms with Crippen molar-refractivity contribution in [2.24, 2.45) is 0 Å². The van der Waals surface area contributed by atoms with Crippen molar-refractivity contribution in [2.45, 2.75) is 38.9 Å². The van der Waals surface area contributed by atoms with Gasteiger partial charge in [0, 0.05) is 17.2 Å². The van der Waals surface area contributed by atoms with Crippen molar-refractivity contribution < 1.29 is 53.7 Å². The van der Waals surface area contributed by atoms with E-state index in [1.165, 1.54) is 19.1 Å². The van der Waals surface area contributed by atoms with Crippen molar-refractivity contribution in [1.29, 1.82) is 10.5 Å². The maximum absolute atomic E-state index is 14.1.